The number of pyridine rings is 2. The van der Waals surface area contributed by atoms with Crippen molar-refractivity contribution in [3.63, 3.8) is 0 Å². The van der Waals surface area contributed by atoms with Crippen molar-refractivity contribution in [3.05, 3.63) is 34.7 Å². The van der Waals surface area contributed by atoms with E-state index in [1.807, 2.05) is 34.6 Å². The maximum Gasteiger partial charge on any atom is 0.496 e. The summed E-state index contributed by atoms with van der Waals surface area (Å²) in [6.45, 7) is 9.88. The normalized spacial score (nSPS) is 17.1. The van der Waals surface area contributed by atoms with Crippen LogP contribution < -0.4 is 19.9 Å². The third-order valence-electron chi connectivity index (χ3n) is 5.68. The van der Waals surface area contributed by atoms with Crippen LogP contribution in [0.5, 0.6) is 11.6 Å². The number of nitrogens with zero attached hydrogens (tertiary/aromatic N) is 2. The highest BCUT2D eigenvalue weighted by atomic mass is 32.2. The number of alkyl halides is 2. The van der Waals surface area contributed by atoms with E-state index in [2.05, 4.69) is 4.98 Å². The highest BCUT2D eigenvalue weighted by molar-refractivity contribution is 7.90. The molecule has 0 atom stereocenters. The maximum atomic E-state index is 13.2. The van der Waals surface area contributed by atoms with Gasteiger partial charge in [-0.05, 0) is 52.8 Å². The zero-order valence-electron chi connectivity index (χ0n) is 20.3. The number of aromatic nitrogens is 2. The quantitative estimate of drug-likeness (QED) is 0.294. The Morgan fingerprint density at radius 2 is 1.85 bits per heavy atom. The van der Waals surface area contributed by atoms with E-state index in [9.17, 15) is 13.6 Å². The van der Waals surface area contributed by atoms with Gasteiger partial charge in [0.05, 0.1) is 23.4 Å². The van der Waals surface area contributed by atoms with Crippen molar-refractivity contribution in [2.75, 3.05) is 13.2 Å². The average Bonchev–Trinajstić information content (AvgIpc) is 2.96. The first-order valence-corrected chi connectivity index (χ1v) is 11.4. The van der Waals surface area contributed by atoms with Gasteiger partial charge in [-0.15, -0.1) is 0 Å². The minimum absolute atomic E-state index is 0.00951. The standard InChI is InChI=1S/C22H29BF2N2O6S/c1-8-30-34-31-16-11-14(23-32-20(2,3)21(4,5)33-23)12-26-18(16)15-9-10-17(27(7)19(15)28)29-13-22(6,24)25/h9-12H,8,13H2,1-7H3. The van der Waals surface area contributed by atoms with Crippen LogP contribution in [0.3, 0.4) is 0 Å². The van der Waals surface area contributed by atoms with E-state index in [4.69, 9.17) is 22.4 Å². The van der Waals surface area contributed by atoms with Gasteiger partial charge in [-0.2, -0.15) is 0 Å². The van der Waals surface area contributed by atoms with Crippen molar-refractivity contribution in [2.45, 2.75) is 58.7 Å². The highest BCUT2D eigenvalue weighted by Crippen LogP contribution is 2.37. The monoisotopic (exact) mass is 498 g/mol. The molecule has 0 spiro atoms. The lowest BCUT2D eigenvalue weighted by Gasteiger charge is -2.32. The minimum atomic E-state index is -3.03. The molecule has 1 aliphatic heterocycles. The SMILES string of the molecule is CCOSOc1cc(B2OC(C)(C)C(C)(C)O2)cnc1-c1ccc(OCC(C)(F)F)n(C)c1=O. The average molecular weight is 498 g/mol. The Balaban J connectivity index is 1.98. The van der Waals surface area contributed by atoms with Crippen LogP contribution in [-0.2, 0) is 20.5 Å². The molecule has 0 radical (unpaired) electrons. The minimum Gasteiger partial charge on any atom is -0.472 e. The fourth-order valence-corrected chi connectivity index (χ4v) is 3.43. The van der Waals surface area contributed by atoms with Crippen molar-refractivity contribution >= 4 is 24.9 Å². The molecule has 1 fully saturated rings. The molecular formula is C22H29BF2N2O6S. The Morgan fingerprint density at radius 3 is 2.44 bits per heavy atom. The predicted octanol–water partition coefficient (Wildman–Crippen LogP) is 3.76. The molecule has 2 aromatic heterocycles. The zero-order valence-corrected chi connectivity index (χ0v) is 21.1. The van der Waals surface area contributed by atoms with Crippen molar-refractivity contribution in [1.82, 2.24) is 9.55 Å². The molecule has 0 unspecified atom stereocenters. The first kappa shape index (κ1) is 26.5. The molecule has 0 amide bonds. The Morgan fingerprint density at radius 1 is 1.21 bits per heavy atom. The summed E-state index contributed by atoms with van der Waals surface area (Å²) in [5, 5.41) is 0. The number of hydrogen-bond donors (Lipinski definition) is 0. The molecule has 0 N–H and O–H groups in total. The Bertz CT molecular complexity index is 1070. The third kappa shape index (κ3) is 5.73. The van der Waals surface area contributed by atoms with Crippen molar-refractivity contribution in [3.8, 4) is 22.9 Å². The second kappa shape index (κ2) is 9.84. The largest absolute Gasteiger partial charge is 0.496 e. The highest BCUT2D eigenvalue weighted by Gasteiger charge is 2.52. The molecule has 8 nitrogen and oxygen atoms in total. The predicted molar refractivity (Wildman–Crippen MR) is 127 cm³/mol. The molecule has 0 saturated carbocycles. The summed E-state index contributed by atoms with van der Waals surface area (Å²) in [5.41, 5.74) is -0.515. The molecule has 0 aromatic carbocycles. The zero-order chi connectivity index (χ0) is 25.3. The van der Waals surface area contributed by atoms with Gasteiger partial charge in [-0.3, -0.25) is 18.5 Å². The van der Waals surface area contributed by atoms with Crippen molar-refractivity contribution in [2.24, 2.45) is 7.05 Å². The summed E-state index contributed by atoms with van der Waals surface area (Å²) in [6.07, 6.45) is 1.55. The summed E-state index contributed by atoms with van der Waals surface area (Å²) in [6, 6.07) is 4.57. The smallest absolute Gasteiger partial charge is 0.472 e. The molecule has 1 aliphatic rings. The number of ether oxygens (including phenoxy) is 1. The van der Waals surface area contributed by atoms with Crippen LogP contribution in [0.4, 0.5) is 8.78 Å². The molecule has 3 heterocycles. The van der Waals surface area contributed by atoms with E-state index in [0.29, 0.717) is 12.1 Å². The van der Waals surface area contributed by atoms with Crippen LogP contribution in [0, 0.1) is 0 Å². The Hall–Kier alpha value is -2.15. The Labute approximate surface area is 202 Å². The second-order valence-corrected chi connectivity index (χ2v) is 9.61. The molecular weight excluding hydrogens is 469 g/mol. The summed E-state index contributed by atoms with van der Waals surface area (Å²) in [5.74, 6) is -2.76. The van der Waals surface area contributed by atoms with Crippen LogP contribution in [0.15, 0.2) is 29.2 Å². The summed E-state index contributed by atoms with van der Waals surface area (Å²) >= 11 is 0.752. The fourth-order valence-electron chi connectivity index (χ4n) is 3.09. The number of halogens is 2. The number of rotatable bonds is 9. The van der Waals surface area contributed by atoms with Crippen LogP contribution in [0.25, 0.3) is 11.3 Å². The molecule has 186 valence electrons. The van der Waals surface area contributed by atoms with Gasteiger partial charge in [0.15, 0.2) is 18.2 Å². The van der Waals surface area contributed by atoms with E-state index in [0.717, 1.165) is 23.8 Å². The van der Waals surface area contributed by atoms with Gasteiger partial charge in [0.1, 0.15) is 5.69 Å². The third-order valence-corrected chi connectivity index (χ3v) is 6.26. The van der Waals surface area contributed by atoms with E-state index in [1.54, 1.807) is 12.3 Å². The molecule has 3 rings (SSSR count). The van der Waals surface area contributed by atoms with Gasteiger partial charge < -0.3 is 18.2 Å². The van der Waals surface area contributed by atoms with E-state index >= 15 is 0 Å². The van der Waals surface area contributed by atoms with E-state index in [1.165, 1.54) is 19.2 Å². The molecule has 34 heavy (non-hydrogen) atoms. The van der Waals surface area contributed by atoms with Gasteiger partial charge in [0.2, 0.25) is 12.3 Å². The van der Waals surface area contributed by atoms with E-state index in [-0.39, 0.29) is 22.9 Å². The van der Waals surface area contributed by atoms with Gasteiger partial charge >= 0.3 is 7.12 Å². The van der Waals surface area contributed by atoms with Gasteiger partial charge in [-0.1, -0.05) is 0 Å². The molecule has 1 saturated heterocycles. The first-order chi connectivity index (χ1) is 15.8. The summed E-state index contributed by atoms with van der Waals surface area (Å²) in [7, 11) is 0.753. The lowest BCUT2D eigenvalue weighted by molar-refractivity contribution is -0.0252. The molecule has 0 aliphatic carbocycles. The lowest BCUT2D eigenvalue weighted by Crippen LogP contribution is -2.41. The Kier molecular flexibility index (Phi) is 7.66. The number of hydrogen-bond acceptors (Lipinski definition) is 8. The van der Waals surface area contributed by atoms with Crippen LogP contribution >= 0.6 is 12.3 Å². The van der Waals surface area contributed by atoms with Crippen molar-refractivity contribution in [1.29, 1.82) is 0 Å². The maximum absolute atomic E-state index is 13.2. The summed E-state index contributed by atoms with van der Waals surface area (Å²) < 4.78 is 55.7. The van der Waals surface area contributed by atoms with Gasteiger partial charge in [0, 0.05) is 25.6 Å². The van der Waals surface area contributed by atoms with Gasteiger partial charge in [-0.25, -0.2) is 8.78 Å². The van der Waals surface area contributed by atoms with Crippen LogP contribution in [0.1, 0.15) is 41.5 Å². The van der Waals surface area contributed by atoms with E-state index < -0.39 is 36.4 Å². The van der Waals surface area contributed by atoms with Crippen LogP contribution in [-0.4, -0.2) is 47.0 Å². The second-order valence-electron chi connectivity index (χ2n) is 9.07. The topological polar surface area (TPSA) is 81.0 Å². The fraction of sp³-hybridized carbons (Fsp3) is 0.545. The van der Waals surface area contributed by atoms with Crippen LogP contribution in [0.2, 0.25) is 0 Å². The van der Waals surface area contributed by atoms with Gasteiger partial charge in [0.25, 0.3) is 11.5 Å². The molecule has 2 aromatic rings. The summed E-state index contributed by atoms with van der Waals surface area (Å²) in [4.78, 5) is 17.5. The lowest BCUT2D eigenvalue weighted by atomic mass is 9.80. The first-order valence-electron chi connectivity index (χ1n) is 10.8. The molecule has 0 bridgehead atoms. The van der Waals surface area contributed by atoms with Crippen molar-refractivity contribution < 1.29 is 31.2 Å². The molecule has 12 heteroatoms.